The van der Waals surface area contributed by atoms with Crippen molar-refractivity contribution in [1.82, 2.24) is 20.2 Å². The molecule has 0 bridgehead atoms. The van der Waals surface area contributed by atoms with Crippen molar-refractivity contribution in [3.63, 3.8) is 0 Å². The Morgan fingerprint density at radius 3 is 2.86 bits per heavy atom. The molecule has 1 aliphatic heterocycles. The van der Waals surface area contributed by atoms with E-state index >= 15 is 0 Å². The number of rotatable bonds is 4. The molecule has 0 atom stereocenters. The van der Waals surface area contributed by atoms with Crippen molar-refractivity contribution in [1.29, 1.82) is 0 Å². The second-order valence-electron chi connectivity index (χ2n) is 4.94. The Morgan fingerprint density at radius 2 is 2.09 bits per heavy atom. The van der Waals surface area contributed by atoms with Gasteiger partial charge in [0, 0.05) is 49.4 Å². The monoisotopic (exact) mass is 318 g/mol. The molecule has 1 fully saturated rings. The van der Waals surface area contributed by atoms with Crippen LogP contribution in [-0.4, -0.2) is 53.7 Å². The topological polar surface area (TPSA) is 67.4 Å². The molecule has 0 radical (unpaired) electrons. The van der Waals surface area contributed by atoms with Crippen molar-refractivity contribution in [2.24, 2.45) is 0 Å². The van der Waals surface area contributed by atoms with Gasteiger partial charge in [0.1, 0.15) is 0 Å². The highest BCUT2D eigenvalue weighted by Gasteiger charge is 2.16. The fourth-order valence-corrected chi connectivity index (χ4v) is 3.04. The van der Waals surface area contributed by atoms with Crippen LogP contribution < -0.4 is 5.32 Å². The molecule has 1 N–H and O–H groups in total. The van der Waals surface area contributed by atoms with Crippen LogP contribution >= 0.6 is 11.3 Å². The van der Waals surface area contributed by atoms with Gasteiger partial charge in [-0.05, 0) is 12.1 Å². The van der Waals surface area contributed by atoms with Crippen molar-refractivity contribution >= 4 is 17.4 Å². The van der Waals surface area contributed by atoms with Crippen molar-refractivity contribution in [3.05, 3.63) is 34.9 Å². The molecule has 22 heavy (non-hydrogen) atoms. The van der Waals surface area contributed by atoms with E-state index in [2.05, 4.69) is 15.3 Å². The molecule has 7 heteroatoms. The van der Waals surface area contributed by atoms with Gasteiger partial charge in [-0.15, -0.1) is 11.3 Å². The first kappa shape index (κ1) is 14.9. The first-order chi connectivity index (χ1) is 10.8. The average molecular weight is 318 g/mol. The minimum atomic E-state index is -0.0192. The Morgan fingerprint density at radius 1 is 1.32 bits per heavy atom. The summed E-state index contributed by atoms with van der Waals surface area (Å²) in [7, 11) is 0. The lowest BCUT2D eigenvalue weighted by atomic mass is 10.2. The van der Waals surface area contributed by atoms with Gasteiger partial charge in [0.15, 0.2) is 0 Å². The summed E-state index contributed by atoms with van der Waals surface area (Å²) in [6, 6.07) is 3.87. The lowest BCUT2D eigenvalue weighted by molar-refractivity contribution is 0.0533. The fourth-order valence-electron chi connectivity index (χ4n) is 2.24. The summed E-state index contributed by atoms with van der Waals surface area (Å²) >= 11 is 1.62. The number of thiazole rings is 1. The number of hydrogen-bond donors (Lipinski definition) is 1. The molecule has 1 aliphatic rings. The second-order valence-corrected chi connectivity index (χ2v) is 5.89. The number of nitrogens with zero attached hydrogens (tertiary/aromatic N) is 3. The normalized spacial score (nSPS) is 14.8. The van der Waals surface area contributed by atoms with Crippen LogP contribution in [0.4, 0.5) is 4.79 Å². The summed E-state index contributed by atoms with van der Waals surface area (Å²) in [6.07, 6.45) is 4.26. The molecule has 2 amide bonds. The van der Waals surface area contributed by atoms with Crippen molar-refractivity contribution in [2.75, 3.05) is 32.8 Å². The maximum Gasteiger partial charge on any atom is 0.317 e. The number of carbonyl (C=O) groups is 1. The number of amides is 2. The molecule has 116 valence electrons. The van der Waals surface area contributed by atoms with E-state index in [1.807, 2.05) is 17.5 Å². The largest absolute Gasteiger partial charge is 0.378 e. The van der Waals surface area contributed by atoms with E-state index in [1.165, 1.54) is 0 Å². The third-order valence-corrected chi connectivity index (χ3v) is 4.35. The summed E-state index contributed by atoms with van der Waals surface area (Å²) in [6.45, 7) is 3.16. The van der Waals surface area contributed by atoms with Crippen LogP contribution in [0.15, 0.2) is 29.9 Å². The summed E-state index contributed by atoms with van der Waals surface area (Å²) in [5.41, 5.74) is 2.02. The third-order valence-electron chi connectivity index (χ3n) is 3.44. The van der Waals surface area contributed by atoms with Crippen molar-refractivity contribution < 1.29 is 9.53 Å². The van der Waals surface area contributed by atoms with Crippen LogP contribution in [0.5, 0.6) is 0 Å². The molecule has 6 nitrogen and oxygen atoms in total. The Labute approximate surface area is 133 Å². The molecule has 2 aromatic heterocycles. The predicted octanol–water partition coefficient (Wildman–Crippen LogP) is 1.79. The van der Waals surface area contributed by atoms with Crippen molar-refractivity contribution in [3.8, 4) is 11.3 Å². The van der Waals surface area contributed by atoms with E-state index in [0.717, 1.165) is 22.7 Å². The molecule has 0 aliphatic carbocycles. The lowest BCUT2D eigenvalue weighted by Crippen LogP contribution is -2.46. The second kappa shape index (κ2) is 7.33. The maximum atomic E-state index is 12.0. The van der Waals surface area contributed by atoms with Crippen LogP contribution in [0.25, 0.3) is 11.3 Å². The number of pyridine rings is 1. The van der Waals surface area contributed by atoms with E-state index in [-0.39, 0.29) is 6.03 Å². The number of ether oxygens (including phenoxy) is 1. The average Bonchev–Trinajstić information content (AvgIpc) is 3.05. The van der Waals surface area contributed by atoms with Crippen LogP contribution in [-0.2, 0) is 11.2 Å². The van der Waals surface area contributed by atoms with Gasteiger partial charge in [0.25, 0.3) is 0 Å². The van der Waals surface area contributed by atoms with E-state index in [0.29, 0.717) is 32.8 Å². The highest BCUT2D eigenvalue weighted by molar-refractivity contribution is 7.09. The number of morpholine rings is 1. The first-order valence-electron chi connectivity index (χ1n) is 7.28. The van der Waals surface area contributed by atoms with Gasteiger partial charge in [0.05, 0.1) is 23.9 Å². The molecule has 0 spiro atoms. The summed E-state index contributed by atoms with van der Waals surface area (Å²) in [5, 5.41) is 6.00. The quantitative estimate of drug-likeness (QED) is 0.933. The van der Waals surface area contributed by atoms with Gasteiger partial charge in [-0.1, -0.05) is 0 Å². The minimum Gasteiger partial charge on any atom is -0.378 e. The van der Waals surface area contributed by atoms with E-state index < -0.39 is 0 Å². The Kier molecular flexibility index (Phi) is 4.97. The summed E-state index contributed by atoms with van der Waals surface area (Å²) < 4.78 is 5.23. The molecule has 1 saturated heterocycles. The van der Waals surface area contributed by atoms with Gasteiger partial charge in [-0.25, -0.2) is 9.78 Å². The molecule has 0 unspecified atom stereocenters. The number of carbonyl (C=O) groups excluding carboxylic acids is 1. The third kappa shape index (κ3) is 3.80. The van der Waals surface area contributed by atoms with E-state index in [9.17, 15) is 4.79 Å². The number of nitrogens with one attached hydrogen (secondary N) is 1. The first-order valence-corrected chi connectivity index (χ1v) is 8.16. The van der Waals surface area contributed by atoms with E-state index in [1.54, 1.807) is 28.6 Å². The summed E-state index contributed by atoms with van der Waals surface area (Å²) in [4.78, 5) is 22.3. The zero-order chi connectivity index (χ0) is 15.2. The van der Waals surface area contributed by atoms with E-state index in [4.69, 9.17) is 4.74 Å². The van der Waals surface area contributed by atoms with Gasteiger partial charge in [-0.3, -0.25) is 4.98 Å². The van der Waals surface area contributed by atoms with Crippen LogP contribution in [0.3, 0.4) is 0 Å². The molecular weight excluding hydrogens is 300 g/mol. The highest BCUT2D eigenvalue weighted by atomic mass is 32.1. The SMILES string of the molecule is O=C(NCCc1nc(-c2ccncc2)cs1)N1CCOCC1. The lowest BCUT2D eigenvalue weighted by Gasteiger charge is -2.26. The number of hydrogen-bond acceptors (Lipinski definition) is 5. The summed E-state index contributed by atoms with van der Waals surface area (Å²) in [5.74, 6) is 0. The Hall–Kier alpha value is -1.99. The minimum absolute atomic E-state index is 0.0192. The zero-order valence-electron chi connectivity index (χ0n) is 12.2. The molecule has 3 heterocycles. The molecule has 2 aromatic rings. The Balaban J connectivity index is 1.48. The highest BCUT2D eigenvalue weighted by Crippen LogP contribution is 2.21. The van der Waals surface area contributed by atoms with Crippen LogP contribution in [0.1, 0.15) is 5.01 Å². The van der Waals surface area contributed by atoms with Gasteiger partial charge in [0.2, 0.25) is 0 Å². The molecule has 0 aromatic carbocycles. The molecular formula is C15H18N4O2S. The molecule has 0 saturated carbocycles. The standard InChI is InChI=1S/C15H18N4O2S/c20-15(19-7-9-21-10-8-19)17-6-3-14-18-13(11-22-14)12-1-4-16-5-2-12/h1-2,4-5,11H,3,6-10H2,(H,17,20). The van der Waals surface area contributed by atoms with Gasteiger partial charge in [-0.2, -0.15) is 0 Å². The predicted molar refractivity (Wildman–Crippen MR) is 84.8 cm³/mol. The van der Waals surface area contributed by atoms with Crippen LogP contribution in [0, 0.1) is 0 Å². The van der Waals surface area contributed by atoms with Crippen molar-refractivity contribution in [2.45, 2.75) is 6.42 Å². The van der Waals surface area contributed by atoms with Gasteiger partial charge >= 0.3 is 6.03 Å². The van der Waals surface area contributed by atoms with Crippen LogP contribution in [0.2, 0.25) is 0 Å². The fraction of sp³-hybridized carbons (Fsp3) is 0.400. The number of aromatic nitrogens is 2. The Bertz CT molecular complexity index is 611. The smallest absolute Gasteiger partial charge is 0.317 e. The molecule has 3 rings (SSSR count). The van der Waals surface area contributed by atoms with Gasteiger partial charge < -0.3 is 15.0 Å². The maximum absolute atomic E-state index is 12.0. The zero-order valence-corrected chi connectivity index (χ0v) is 13.0. The number of urea groups is 1.